The molecule has 0 saturated carbocycles. The number of hydrogen-bond donors (Lipinski definition) is 3. The SMILES string of the molecule is COc1ccc(-c2cnsc2-c2cc(OC)c(OC)c(OC)c2)cc1NC(=O)[C@H]([NH3+])Cc1cc2ccccc2[nH]1. The number of nitrogens with zero attached hydrogens (tertiary/aromatic N) is 1. The van der Waals surface area contributed by atoms with Crippen LogP contribution in [0.3, 0.4) is 0 Å². The number of benzene rings is 3. The van der Waals surface area contributed by atoms with Crippen LogP contribution in [-0.4, -0.2) is 49.7 Å². The molecular weight excluding hydrogens is 528 g/mol. The first kappa shape index (κ1) is 27.0. The second kappa shape index (κ2) is 11.7. The molecule has 2 aromatic heterocycles. The van der Waals surface area contributed by atoms with Gasteiger partial charge in [-0.2, -0.15) is 4.37 Å². The molecule has 0 aliphatic carbocycles. The summed E-state index contributed by atoms with van der Waals surface area (Å²) in [7, 11) is 6.31. The molecule has 40 heavy (non-hydrogen) atoms. The van der Waals surface area contributed by atoms with Crippen molar-refractivity contribution in [1.29, 1.82) is 0 Å². The number of quaternary nitrogens is 1. The zero-order chi connectivity index (χ0) is 28.2. The molecule has 0 aliphatic heterocycles. The molecule has 5 N–H and O–H groups in total. The highest BCUT2D eigenvalue weighted by atomic mass is 32.1. The number of anilines is 1. The van der Waals surface area contributed by atoms with E-state index < -0.39 is 6.04 Å². The van der Waals surface area contributed by atoms with E-state index in [4.69, 9.17) is 18.9 Å². The number of rotatable bonds is 10. The minimum Gasteiger partial charge on any atom is -0.495 e. The monoisotopic (exact) mass is 559 g/mol. The van der Waals surface area contributed by atoms with Gasteiger partial charge in [-0.15, -0.1) is 0 Å². The first-order valence-corrected chi connectivity index (χ1v) is 13.4. The molecule has 3 aromatic carbocycles. The van der Waals surface area contributed by atoms with Gasteiger partial charge in [0.15, 0.2) is 17.5 Å². The van der Waals surface area contributed by atoms with Gasteiger partial charge in [0.25, 0.3) is 5.91 Å². The zero-order valence-corrected chi connectivity index (χ0v) is 23.6. The third-order valence-corrected chi connectivity index (χ3v) is 7.54. The van der Waals surface area contributed by atoms with Crippen LogP contribution in [0.4, 0.5) is 5.69 Å². The number of nitrogens with one attached hydrogen (secondary N) is 2. The molecule has 0 aliphatic rings. The topological polar surface area (TPSA) is 122 Å². The Balaban J connectivity index is 1.42. The van der Waals surface area contributed by atoms with Gasteiger partial charge in [0.05, 0.1) is 39.0 Å². The number of fused-ring (bicyclic) bond motifs is 1. The van der Waals surface area contributed by atoms with Crippen LogP contribution in [0.15, 0.2) is 66.9 Å². The molecule has 5 rings (SSSR count). The van der Waals surface area contributed by atoms with Crippen LogP contribution >= 0.6 is 11.5 Å². The van der Waals surface area contributed by atoms with Gasteiger partial charge in [0.1, 0.15) is 5.75 Å². The summed E-state index contributed by atoms with van der Waals surface area (Å²) in [5.74, 6) is 1.96. The fourth-order valence-corrected chi connectivity index (χ4v) is 5.43. The normalized spacial score (nSPS) is 11.7. The van der Waals surface area contributed by atoms with Gasteiger partial charge >= 0.3 is 0 Å². The molecule has 0 bridgehead atoms. The smallest absolute Gasteiger partial charge is 0.283 e. The Bertz CT molecular complexity index is 1600. The molecule has 0 spiro atoms. The summed E-state index contributed by atoms with van der Waals surface area (Å²) in [4.78, 5) is 17.5. The molecule has 0 unspecified atom stereocenters. The molecule has 5 aromatic rings. The third kappa shape index (κ3) is 5.31. The lowest BCUT2D eigenvalue weighted by molar-refractivity contribution is -0.402. The average Bonchev–Trinajstić information content (AvgIpc) is 3.63. The van der Waals surface area contributed by atoms with Gasteiger partial charge in [0, 0.05) is 35.0 Å². The molecular formula is C30H31N4O5S+. The minimum atomic E-state index is -0.515. The molecule has 0 fully saturated rings. The Labute approximate surface area is 236 Å². The van der Waals surface area contributed by atoms with Crippen LogP contribution in [0.25, 0.3) is 32.5 Å². The summed E-state index contributed by atoms with van der Waals surface area (Å²) in [6.45, 7) is 0. The number of ether oxygens (including phenoxy) is 4. The number of carbonyl (C=O) groups excluding carboxylic acids is 1. The highest BCUT2D eigenvalue weighted by Gasteiger charge is 2.22. The second-order valence-corrected chi connectivity index (χ2v) is 9.97. The number of para-hydroxylation sites is 1. The lowest BCUT2D eigenvalue weighted by Gasteiger charge is -2.15. The van der Waals surface area contributed by atoms with Gasteiger partial charge in [-0.3, -0.25) is 4.79 Å². The summed E-state index contributed by atoms with van der Waals surface area (Å²) < 4.78 is 26.6. The van der Waals surface area contributed by atoms with Crippen LogP contribution < -0.4 is 30.0 Å². The summed E-state index contributed by atoms with van der Waals surface area (Å²) in [6, 6.07) is 19.0. The molecule has 1 amide bonds. The van der Waals surface area contributed by atoms with Crippen LogP contribution in [0.1, 0.15) is 5.69 Å². The Hall–Kier alpha value is -4.54. The van der Waals surface area contributed by atoms with E-state index >= 15 is 0 Å². The van der Waals surface area contributed by atoms with E-state index in [1.54, 1.807) is 34.6 Å². The van der Waals surface area contributed by atoms with Crippen molar-refractivity contribution in [1.82, 2.24) is 9.36 Å². The van der Waals surface area contributed by atoms with Gasteiger partial charge < -0.3 is 35.0 Å². The van der Waals surface area contributed by atoms with E-state index in [0.29, 0.717) is 35.1 Å². The van der Waals surface area contributed by atoms with Crippen LogP contribution in [0, 0.1) is 0 Å². The highest BCUT2D eigenvalue weighted by molar-refractivity contribution is 7.10. The lowest BCUT2D eigenvalue weighted by Crippen LogP contribution is -2.67. The van der Waals surface area contributed by atoms with Crippen molar-refractivity contribution in [3.63, 3.8) is 0 Å². The number of aromatic amines is 1. The molecule has 2 heterocycles. The summed E-state index contributed by atoms with van der Waals surface area (Å²) >= 11 is 1.35. The van der Waals surface area contributed by atoms with Gasteiger partial charge in [-0.25, -0.2) is 0 Å². The first-order valence-electron chi connectivity index (χ1n) is 12.6. The highest BCUT2D eigenvalue weighted by Crippen LogP contribution is 2.45. The predicted octanol–water partition coefficient (Wildman–Crippen LogP) is 4.78. The maximum atomic E-state index is 13.2. The van der Waals surface area contributed by atoms with Crippen molar-refractivity contribution in [2.75, 3.05) is 33.8 Å². The molecule has 0 radical (unpaired) electrons. The van der Waals surface area contributed by atoms with E-state index in [1.165, 1.54) is 11.5 Å². The Morgan fingerprint density at radius 1 is 0.925 bits per heavy atom. The minimum absolute atomic E-state index is 0.206. The standard InChI is InChI=1S/C30H30N4O5S/c1-36-25-10-9-17(21-16-32-40-29(21)19-13-26(37-2)28(39-4)27(14-19)38-3)12-24(25)34-30(35)22(31)15-20-11-18-7-5-6-8-23(18)33-20/h5-14,16,22,33H,15,31H2,1-4H3,(H,34,35)/p+1/t22-/m1/s1. The number of carbonyl (C=O) groups is 1. The van der Waals surface area contributed by atoms with Crippen molar-refractivity contribution < 1.29 is 29.5 Å². The van der Waals surface area contributed by atoms with Crippen molar-refractivity contribution in [2.45, 2.75) is 12.5 Å². The quantitative estimate of drug-likeness (QED) is 0.226. The van der Waals surface area contributed by atoms with E-state index in [-0.39, 0.29) is 5.91 Å². The zero-order valence-electron chi connectivity index (χ0n) is 22.7. The molecule has 0 saturated heterocycles. The van der Waals surface area contributed by atoms with E-state index in [9.17, 15) is 4.79 Å². The number of H-pyrrole nitrogens is 1. The fourth-order valence-electron chi connectivity index (χ4n) is 4.68. The third-order valence-electron chi connectivity index (χ3n) is 6.69. The molecule has 1 atom stereocenters. The maximum absolute atomic E-state index is 13.2. The van der Waals surface area contributed by atoms with Crippen LogP contribution in [-0.2, 0) is 11.2 Å². The number of methoxy groups -OCH3 is 4. The fraction of sp³-hybridized carbons (Fsp3) is 0.200. The second-order valence-electron chi connectivity index (χ2n) is 9.17. The van der Waals surface area contributed by atoms with E-state index in [1.807, 2.05) is 54.6 Å². The van der Waals surface area contributed by atoms with Crippen molar-refractivity contribution in [3.8, 4) is 44.6 Å². The molecule has 9 nitrogen and oxygen atoms in total. The van der Waals surface area contributed by atoms with Crippen LogP contribution in [0.5, 0.6) is 23.0 Å². The van der Waals surface area contributed by atoms with Crippen molar-refractivity contribution in [3.05, 3.63) is 72.6 Å². The Morgan fingerprint density at radius 2 is 1.65 bits per heavy atom. The Morgan fingerprint density at radius 3 is 2.33 bits per heavy atom. The van der Waals surface area contributed by atoms with Crippen molar-refractivity contribution in [2.24, 2.45) is 0 Å². The summed E-state index contributed by atoms with van der Waals surface area (Å²) in [6.07, 6.45) is 2.28. The van der Waals surface area contributed by atoms with Gasteiger partial charge in [0.2, 0.25) is 5.75 Å². The van der Waals surface area contributed by atoms with Crippen LogP contribution in [0.2, 0.25) is 0 Å². The van der Waals surface area contributed by atoms with E-state index in [0.717, 1.165) is 38.2 Å². The first-order chi connectivity index (χ1) is 19.4. The van der Waals surface area contributed by atoms with Gasteiger partial charge in [-0.1, -0.05) is 24.3 Å². The number of amides is 1. The predicted molar refractivity (Wildman–Crippen MR) is 157 cm³/mol. The molecule has 206 valence electrons. The van der Waals surface area contributed by atoms with Crippen molar-refractivity contribution >= 4 is 34.0 Å². The average molecular weight is 560 g/mol. The number of aromatic nitrogens is 2. The van der Waals surface area contributed by atoms with E-state index in [2.05, 4.69) is 26.5 Å². The largest absolute Gasteiger partial charge is 0.495 e. The Kier molecular flexibility index (Phi) is 7.90. The van der Waals surface area contributed by atoms with Gasteiger partial charge in [-0.05, 0) is 58.9 Å². The summed E-state index contributed by atoms with van der Waals surface area (Å²) in [5.41, 5.74) is 9.28. The molecule has 10 heteroatoms. The summed E-state index contributed by atoms with van der Waals surface area (Å²) in [5, 5.41) is 4.12. The lowest BCUT2D eigenvalue weighted by atomic mass is 10.0. The maximum Gasteiger partial charge on any atom is 0.283 e. The number of hydrogen-bond acceptors (Lipinski definition) is 7.